The van der Waals surface area contributed by atoms with Crippen molar-refractivity contribution >= 4 is 5.69 Å². The summed E-state index contributed by atoms with van der Waals surface area (Å²) in [6.45, 7) is 6.51. The lowest BCUT2D eigenvalue weighted by Gasteiger charge is -2.33. The summed E-state index contributed by atoms with van der Waals surface area (Å²) in [6.07, 6.45) is -1.08. The van der Waals surface area contributed by atoms with Crippen molar-refractivity contribution < 1.29 is 13.2 Å². The molecule has 0 unspecified atom stereocenters. The van der Waals surface area contributed by atoms with Crippen LogP contribution in [0.1, 0.15) is 38.7 Å². The number of anilines is 1. The molecule has 1 aliphatic rings. The molecule has 0 aliphatic carbocycles. The second-order valence-corrected chi connectivity index (χ2v) is 5.05. The van der Waals surface area contributed by atoms with Gasteiger partial charge in [-0.1, -0.05) is 13.8 Å². The molecular weight excluding hydrogens is 277 g/mol. The van der Waals surface area contributed by atoms with Crippen molar-refractivity contribution in [2.45, 2.75) is 39.3 Å². The van der Waals surface area contributed by atoms with Crippen LogP contribution in [0.2, 0.25) is 0 Å². The van der Waals surface area contributed by atoms with Gasteiger partial charge in [-0.2, -0.15) is 13.2 Å². The fourth-order valence-electron chi connectivity index (χ4n) is 2.58. The predicted octanol–water partition coefficient (Wildman–Crippen LogP) is 4.30. The third kappa shape index (κ3) is 5.23. The number of hydrogen-bond acceptors (Lipinski definition) is 2. The second-order valence-electron chi connectivity index (χ2n) is 5.05. The van der Waals surface area contributed by atoms with Crippen molar-refractivity contribution in [3.63, 3.8) is 0 Å². The van der Waals surface area contributed by atoms with Crippen molar-refractivity contribution in [2.24, 2.45) is 11.7 Å². The molecule has 1 aliphatic heterocycles. The molecule has 0 saturated carbocycles. The predicted molar refractivity (Wildman–Crippen MR) is 81.4 cm³/mol. The first-order chi connectivity index (χ1) is 10.0. The van der Waals surface area contributed by atoms with E-state index in [4.69, 9.17) is 5.73 Å². The molecule has 1 aromatic rings. The van der Waals surface area contributed by atoms with E-state index in [1.807, 2.05) is 13.8 Å². The molecule has 0 radical (unpaired) electrons. The van der Waals surface area contributed by atoms with Crippen LogP contribution in [0, 0.1) is 5.92 Å². The summed E-state index contributed by atoms with van der Waals surface area (Å²) in [7, 11) is 0. The van der Waals surface area contributed by atoms with Crippen LogP contribution in [0.4, 0.5) is 18.9 Å². The number of piperidine rings is 1. The Labute approximate surface area is 125 Å². The van der Waals surface area contributed by atoms with Crippen LogP contribution in [0.15, 0.2) is 24.3 Å². The summed E-state index contributed by atoms with van der Waals surface area (Å²) in [5.41, 5.74) is 5.83. The molecule has 120 valence electrons. The lowest BCUT2D eigenvalue weighted by molar-refractivity contribution is -0.137. The molecule has 21 heavy (non-hydrogen) atoms. The third-order valence-corrected chi connectivity index (χ3v) is 3.75. The minimum Gasteiger partial charge on any atom is -0.372 e. The average Bonchev–Trinajstić information content (AvgIpc) is 2.50. The molecule has 2 nitrogen and oxygen atoms in total. The van der Waals surface area contributed by atoms with Gasteiger partial charge in [0, 0.05) is 18.8 Å². The van der Waals surface area contributed by atoms with E-state index in [9.17, 15) is 13.2 Å². The Kier molecular flexibility index (Phi) is 7.02. The van der Waals surface area contributed by atoms with Crippen LogP contribution in [0.5, 0.6) is 0 Å². The highest BCUT2D eigenvalue weighted by Crippen LogP contribution is 2.31. The zero-order valence-electron chi connectivity index (χ0n) is 12.8. The number of halogens is 3. The molecule has 0 spiro atoms. The summed E-state index contributed by atoms with van der Waals surface area (Å²) in [6, 6.07) is 5.43. The number of alkyl halides is 3. The van der Waals surface area contributed by atoms with E-state index in [1.165, 1.54) is 0 Å². The van der Waals surface area contributed by atoms with E-state index in [-0.39, 0.29) is 0 Å². The molecule has 1 saturated heterocycles. The standard InChI is InChI=1S/C14H19F3N2.C2H6/c15-14(16,17)12-1-3-13(4-2-12)19-9-6-11(5-8-18)7-10-19;1-2/h1-4,11H,5-10,18H2;1-2H3. The first kappa shape index (κ1) is 17.8. The second kappa shape index (κ2) is 8.27. The smallest absolute Gasteiger partial charge is 0.372 e. The normalized spacial score (nSPS) is 16.4. The fourth-order valence-corrected chi connectivity index (χ4v) is 2.58. The minimum atomic E-state index is -4.26. The number of benzene rings is 1. The van der Waals surface area contributed by atoms with Gasteiger partial charge in [0.2, 0.25) is 0 Å². The third-order valence-electron chi connectivity index (χ3n) is 3.75. The molecule has 5 heteroatoms. The van der Waals surface area contributed by atoms with E-state index in [0.29, 0.717) is 12.5 Å². The molecule has 0 bridgehead atoms. The maximum atomic E-state index is 12.5. The summed E-state index contributed by atoms with van der Waals surface area (Å²) in [5.74, 6) is 0.663. The van der Waals surface area contributed by atoms with Crippen molar-refractivity contribution in [3.05, 3.63) is 29.8 Å². The lowest BCUT2D eigenvalue weighted by atomic mass is 9.93. The summed E-state index contributed by atoms with van der Waals surface area (Å²) in [5, 5.41) is 0. The minimum absolute atomic E-state index is 0.589. The summed E-state index contributed by atoms with van der Waals surface area (Å²) in [4.78, 5) is 2.15. The Hall–Kier alpha value is -1.23. The fraction of sp³-hybridized carbons (Fsp3) is 0.625. The Morgan fingerprint density at radius 3 is 2.05 bits per heavy atom. The Morgan fingerprint density at radius 1 is 1.10 bits per heavy atom. The molecule has 1 fully saturated rings. The van der Waals surface area contributed by atoms with Crippen molar-refractivity contribution in [1.82, 2.24) is 0 Å². The average molecular weight is 302 g/mol. The molecule has 2 rings (SSSR count). The van der Waals surface area contributed by atoms with Crippen LogP contribution < -0.4 is 10.6 Å². The van der Waals surface area contributed by atoms with E-state index in [1.54, 1.807) is 12.1 Å². The Morgan fingerprint density at radius 2 is 1.62 bits per heavy atom. The highest BCUT2D eigenvalue weighted by molar-refractivity contribution is 5.48. The van der Waals surface area contributed by atoms with Crippen molar-refractivity contribution in [1.29, 1.82) is 0 Å². The van der Waals surface area contributed by atoms with Crippen LogP contribution in [-0.2, 0) is 6.18 Å². The van der Waals surface area contributed by atoms with Gasteiger partial charge in [0.15, 0.2) is 0 Å². The first-order valence-corrected chi connectivity index (χ1v) is 7.63. The highest BCUT2D eigenvalue weighted by atomic mass is 19.4. The molecule has 0 aromatic heterocycles. The van der Waals surface area contributed by atoms with Crippen LogP contribution in [0.25, 0.3) is 0 Å². The molecule has 2 N–H and O–H groups in total. The largest absolute Gasteiger partial charge is 0.416 e. The number of hydrogen-bond donors (Lipinski definition) is 1. The van der Waals surface area contributed by atoms with Crippen LogP contribution in [0.3, 0.4) is 0 Å². The quantitative estimate of drug-likeness (QED) is 0.902. The van der Waals surface area contributed by atoms with Gasteiger partial charge in [-0.15, -0.1) is 0 Å². The first-order valence-electron chi connectivity index (χ1n) is 7.63. The molecule has 1 heterocycles. The van der Waals surface area contributed by atoms with Gasteiger partial charge in [-0.3, -0.25) is 0 Å². The van der Waals surface area contributed by atoms with E-state index in [2.05, 4.69) is 4.90 Å². The zero-order chi connectivity index (χ0) is 15.9. The van der Waals surface area contributed by atoms with Crippen molar-refractivity contribution in [3.8, 4) is 0 Å². The van der Waals surface area contributed by atoms with Crippen LogP contribution >= 0.6 is 0 Å². The topological polar surface area (TPSA) is 29.3 Å². The molecule has 0 amide bonds. The van der Waals surface area contributed by atoms with Crippen molar-refractivity contribution in [2.75, 3.05) is 24.5 Å². The van der Waals surface area contributed by atoms with Gasteiger partial charge in [-0.25, -0.2) is 0 Å². The van der Waals surface area contributed by atoms with Gasteiger partial charge < -0.3 is 10.6 Å². The van der Waals surface area contributed by atoms with Crippen LogP contribution in [-0.4, -0.2) is 19.6 Å². The van der Waals surface area contributed by atoms with Gasteiger partial charge in [0.1, 0.15) is 0 Å². The Bertz CT molecular complexity index is 393. The monoisotopic (exact) mass is 302 g/mol. The SMILES string of the molecule is CC.NCCC1CCN(c2ccc(C(F)(F)F)cc2)CC1. The lowest BCUT2D eigenvalue weighted by Crippen LogP contribution is -2.34. The van der Waals surface area contributed by atoms with Gasteiger partial charge in [-0.05, 0) is 56.0 Å². The maximum Gasteiger partial charge on any atom is 0.416 e. The summed E-state index contributed by atoms with van der Waals surface area (Å²) >= 11 is 0. The molecule has 1 aromatic carbocycles. The number of nitrogens with two attached hydrogens (primary N) is 1. The van der Waals surface area contributed by atoms with Gasteiger partial charge in [0.05, 0.1) is 5.56 Å². The molecular formula is C16H25F3N2. The van der Waals surface area contributed by atoms with E-state index >= 15 is 0 Å². The number of nitrogens with zero attached hydrogens (tertiary/aromatic N) is 1. The Balaban J connectivity index is 0.00000106. The molecule has 0 atom stereocenters. The van der Waals surface area contributed by atoms with E-state index in [0.717, 1.165) is 50.2 Å². The van der Waals surface area contributed by atoms with E-state index < -0.39 is 11.7 Å². The zero-order valence-corrected chi connectivity index (χ0v) is 12.8. The summed E-state index contributed by atoms with van der Waals surface area (Å²) < 4.78 is 37.4. The van der Waals surface area contributed by atoms with Gasteiger partial charge in [0.25, 0.3) is 0 Å². The highest BCUT2D eigenvalue weighted by Gasteiger charge is 2.30. The van der Waals surface area contributed by atoms with Gasteiger partial charge >= 0.3 is 6.18 Å². The number of rotatable bonds is 3. The maximum absolute atomic E-state index is 12.5.